The van der Waals surface area contributed by atoms with Crippen molar-refractivity contribution < 1.29 is 0 Å². The fourth-order valence-corrected chi connectivity index (χ4v) is 3.62. The third-order valence-corrected chi connectivity index (χ3v) is 4.89. The lowest BCUT2D eigenvalue weighted by atomic mass is 9.83. The Hall–Kier alpha value is -1.31. The largest absolute Gasteiger partial charge is 0.306 e. The molecule has 0 spiro atoms. The van der Waals surface area contributed by atoms with Crippen molar-refractivity contribution >= 4 is 12.4 Å². The molecule has 0 unspecified atom stereocenters. The van der Waals surface area contributed by atoms with E-state index in [9.17, 15) is 0 Å². The van der Waals surface area contributed by atoms with Crippen molar-refractivity contribution in [1.82, 2.24) is 5.32 Å². The molecule has 1 fully saturated rings. The van der Waals surface area contributed by atoms with E-state index in [1.54, 1.807) is 0 Å². The molecule has 0 aliphatic heterocycles. The van der Waals surface area contributed by atoms with Gasteiger partial charge < -0.3 is 5.32 Å². The van der Waals surface area contributed by atoms with Crippen LogP contribution in [0.3, 0.4) is 0 Å². The number of benzene rings is 2. The van der Waals surface area contributed by atoms with Gasteiger partial charge in [0.1, 0.15) is 0 Å². The maximum Gasteiger partial charge on any atom is 0.0325 e. The van der Waals surface area contributed by atoms with E-state index in [0.717, 1.165) is 12.5 Å². The first kappa shape index (κ1) is 18.0. The van der Waals surface area contributed by atoms with Gasteiger partial charge in [-0.25, -0.2) is 0 Å². The van der Waals surface area contributed by atoms with E-state index in [-0.39, 0.29) is 12.4 Å². The minimum atomic E-state index is 0. The Balaban J connectivity index is 0.00000192. The van der Waals surface area contributed by atoms with Crippen LogP contribution < -0.4 is 5.32 Å². The predicted molar refractivity (Wildman–Crippen MR) is 101 cm³/mol. The maximum absolute atomic E-state index is 3.80. The predicted octanol–water partition coefficient (Wildman–Crippen LogP) is 5.91. The Morgan fingerprint density at radius 2 is 1.43 bits per heavy atom. The summed E-state index contributed by atoms with van der Waals surface area (Å²) in [5.41, 5.74) is 2.80. The molecular formula is C21H28ClN. The van der Waals surface area contributed by atoms with E-state index in [1.165, 1.54) is 49.7 Å². The molecule has 0 aromatic heterocycles. The molecule has 124 valence electrons. The molecule has 1 atom stereocenters. The van der Waals surface area contributed by atoms with Crippen molar-refractivity contribution in [2.75, 3.05) is 0 Å². The van der Waals surface area contributed by atoms with Gasteiger partial charge in [0.25, 0.3) is 0 Å². The molecule has 0 saturated heterocycles. The molecule has 23 heavy (non-hydrogen) atoms. The second-order valence-corrected chi connectivity index (χ2v) is 6.57. The lowest BCUT2D eigenvalue weighted by molar-refractivity contribution is 0.299. The van der Waals surface area contributed by atoms with Gasteiger partial charge in [-0.1, -0.05) is 92.8 Å². The van der Waals surface area contributed by atoms with Crippen LogP contribution >= 0.6 is 12.4 Å². The second kappa shape index (κ2) is 9.75. The Morgan fingerprint density at radius 1 is 0.826 bits per heavy atom. The molecule has 2 aromatic carbocycles. The summed E-state index contributed by atoms with van der Waals surface area (Å²) in [5, 5.41) is 3.80. The van der Waals surface area contributed by atoms with E-state index in [2.05, 4.69) is 66.0 Å². The molecule has 1 N–H and O–H groups in total. The maximum atomic E-state index is 3.80. The standard InChI is InChI=1S/C21H27N.ClH/c1-4-10-18(11-5-1)16-21(20-14-8-3-9-15-20)22-17-19-12-6-2-7-13-19;/h2-3,6-9,12-15,18,21-22H,1,4-5,10-11,16-17H2;1H/t21-;/m1./s1. The monoisotopic (exact) mass is 329 g/mol. The van der Waals surface area contributed by atoms with Gasteiger partial charge in [-0.15, -0.1) is 12.4 Å². The summed E-state index contributed by atoms with van der Waals surface area (Å²) >= 11 is 0. The van der Waals surface area contributed by atoms with Crippen molar-refractivity contribution in [2.45, 2.75) is 51.1 Å². The van der Waals surface area contributed by atoms with Crippen LogP contribution in [-0.4, -0.2) is 0 Å². The molecule has 0 bridgehead atoms. The van der Waals surface area contributed by atoms with Gasteiger partial charge in [-0.2, -0.15) is 0 Å². The number of hydrogen-bond acceptors (Lipinski definition) is 1. The third-order valence-electron chi connectivity index (χ3n) is 4.89. The first-order valence-corrected chi connectivity index (χ1v) is 8.74. The molecule has 1 aliphatic rings. The highest BCUT2D eigenvalue weighted by molar-refractivity contribution is 5.85. The fourth-order valence-electron chi connectivity index (χ4n) is 3.62. The van der Waals surface area contributed by atoms with Crippen LogP contribution in [0.4, 0.5) is 0 Å². The van der Waals surface area contributed by atoms with Gasteiger partial charge in [-0.05, 0) is 23.5 Å². The van der Waals surface area contributed by atoms with Gasteiger partial charge in [0.05, 0.1) is 0 Å². The molecule has 1 aliphatic carbocycles. The van der Waals surface area contributed by atoms with Crippen LogP contribution in [0, 0.1) is 5.92 Å². The number of nitrogens with one attached hydrogen (secondary N) is 1. The summed E-state index contributed by atoms with van der Waals surface area (Å²) in [5.74, 6) is 0.891. The smallest absolute Gasteiger partial charge is 0.0325 e. The van der Waals surface area contributed by atoms with Gasteiger partial charge >= 0.3 is 0 Å². The van der Waals surface area contributed by atoms with Gasteiger partial charge in [-0.3, -0.25) is 0 Å². The average Bonchev–Trinajstić information content (AvgIpc) is 2.61. The number of halogens is 1. The van der Waals surface area contributed by atoms with Crippen molar-refractivity contribution in [3.63, 3.8) is 0 Å². The summed E-state index contributed by atoms with van der Waals surface area (Å²) in [7, 11) is 0. The van der Waals surface area contributed by atoms with E-state index in [1.807, 2.05) is 0 Å². The fraction of sp³-hybridized carbons (Fsp3) is 0.429. The van der Waals surface area contributed by atoms with Crippen molar-refractivity contribution in [3.8, 4) is 0 Å². The first-order chi connectivity index (χ1) is 10.9. The highest BCUT2D eigenvalue weighted by atomic mass is 35.5. The Bertz CT molecular complexity index is 534. The van der Waals surface area contributed by atoms with E-state index in [0.29, 0.717) is 6.04 Å². The zero-order valence-corrected chi connectivity index (χ0v) is 14.6. The Kier molecular flexibility index (Phi) is 7.64. The summed E-state index contributed by atoms with van der Waals surface area (Å²) in [6.07, 6.45) is 8.38. The highest BCUT2D eigenvalue weighted by Crippen LogP contribution is 2.32. The SMILES string of the molecule is Cl.c1ccc(CN[C@H](CC2CCCCC2)c2ccccc2)cc1. The molecule has 1 saturated carbocycles. The van der Waals surface area contributed by atoms with E-state index < -0.39 is 0 Å². The van der Waals surface area contributed by atoms with Crippen molar-refractivity contribution in [1.29, 1.82) is 0 Å². The van der Waals surface area contributed by atoms with E-state index in [4.69, 9.17) is 0 Å². The lowest BCUT2D eigenvalue weighted by Crippen LogP contribution is -2.24. The first-order valence-electron chi connectivity index (χ1n) is 8.74. The zero-order valence-electron chi connectivity index (χ0n) is 13.8. The molecular weight excluding hydrogens is 302 g/mol. The van der Waals surface area contributed by atoms with Crippen LogP contribution in [0.5, 0.6) is 0 Å². The summed E-state index contributed by atoms with van der Waals surface area (Å²) < 4.78 is 0. The number of rotatable bonds is 6. The average molecular weight is 330 g/mol. The molecule has 0 amide bonds. The highest BCUT2D eigenvalue weighted by Gasteiger charge is 2.19. The molecule has 0 heterocycles. The quantitative estimate of drug-likeness (QED) is 0.694. The summed E-state index contributed by atoms with van der Waals surface area (Å²) in [6.45, 7) is 0.952. The molecule has 2 aromatic rings. The lowest BCUT2D eigenvalue weighted by Gasteiger charge is -2.27. The molecule has 2 heteroatoms. The topological polar surface area (TPSA) is 12.0 Å². The van der Waals surface area contributed by atoms with Crippen LogP contribution in [-0.2, 0) is 6.54 Å². The minimum Gasteiger partial charge on any atom is -0.306 e. The normalized spacial score (nSPS) is 16.5. The summed E-state index contributed by atoms with van der Waals surface area (Å²) in [6, 6.07) is 22.2. The Labute approximate surface area is 146 Å². The van der Waals surface area contributed by atoms with E-state index >= 15 is 0 Å². The van der Waals surface area contributed by atoms with Gasteiger partial charge in [0.2, 0.25) is 0 Å². The van der Waals surface area contributed by atoms with Crippen LogP contribution in [0.15, 0.2) is 60.7 Å². The zero-order chi connectivity index (χ0) is 15.0. The molecule has 3 rings (SSSR count). The van der Waals surface area contributed by atoms with Crippen molar-refractivity contribution in [2.24, 2.45) is 5.92 Å². The third kappa shape index (κ3) is 5.67. The molecule has 0 radical (unpaired) electrons. The number of hydrogen-bond donors (Lipinski definition) is 1. The summed E-state index contributed by atoms with van der Waals surface area (Å²) in [4.78, 5) is 0. The van der Waals surface area contributed by atoms with Crippen LogP contribution in [0.25, 0.3) is 0 Å². The minimum absolute atomic E-state index is 0. The Morgan fingerprint density at radius 3 is 2.09 bits per heavy atom. The van der Waals surface area contributed by atoms with Gasteiger partial charge in [0.15, 0.2) is 0 Å². The van der Waals surface area contributed by atoms with Gasteiger partial charge in [0, 0.05) is 12.6 Å². The van der Waals surface area contributed by atoms with Crippen LogP contribution in [0.1, 0.15) is 55.7 Å². The van der Waals surface area contributed by atoms with Crippen LogP contribution in [0.2, 0.25) is 0 Å². The molecule has 1 nitrogen and oxygen atoms in total. The second-order valence-electron chi connectivity index (χ2n) is 6.57. The van der Waals surface area contributed by atoms with Crippen molar-refractivity contribution in [3.05, 3.63) is 71.8 Å².